The van der Waals surface area contributed by atoms with E-state index < -0.39 is 45.1 Å². The van der Waals surface area contributed by atoms with Gasteiger partial charge in [0.15, 0.2) is 0 Å². The molecule has 0 aromatic heterocycles. The maximum absolute atomic E-state index is 12.5. The van der Waals surface area contributed by atoms with Crippen LogP contribution in [-0.4, -0.2) is 60.5 Å². The third kappa shape index (κ3) is 31.6. The minimum absolute atomic E-state index is 0.0247. The van der Waals surface area contributed by atoms with E-state index in [4.69, 9.17) is 24.8 Å². The molecule has 3 unspecified atom stereocenters. The molecule has 0 heterocycles. The fraction of sp³-hybridized carbons (Fsp3) is 0.943. The Morgan fingerprint density at radius 1 is 0.609 bits per heavy atom. The lowest BCUT2D eigenvalue weighted by Gasteiger charge is -2.20. The Morgan fingerprint density at radius 3 is 1.43 bits per heavy atom. The number of esters is 1. The van der Waals surface area contributed by atoms with Crippen LogP contribution >= 0.6 is 7.82 Å². The van der Waals surface area contributed by atoms with Crippen LogP contribution in [0.25, 0.3) is 0 Å². The molecule has 0 bridgehead atoms. The van der Waals surface area contributed by atoms with Crippen LogP contribution in [-0.2, 0) is 32.7 Å². The zero-order chi connectivity index (χ0) is 34.1. The van der Waals surface area contributed by atoms with Gasteiger partial charge in [-0.15, -0.1) is 0 Å². The largest absolute Gasteiger partial charge is 0.480 e. The van der Waals surface area contributed by atoms with Gasteiger partial charge >= 0.3 is 19.8 Å². The maximum atomic E-state index is 12.5. The lowest BCUT2D eigenvalue weighted by Crippen LogP contribution is -2.34. The summed E-state index contributed by atoms with van der Waals surface area (Å²) in [6.07, 6.45) is 28.7. The minimum Gasteiger partial charge on any atom is -0.480 e. The zero-order valence-corrected chi connectivity index (χ0v) is 30.3. The lowest BCUT2D eigenvalue weighted by atomic mass is 10.0. The Morgan fingerprint density at radius 2 is 1.00 bits per heavy atom. The molecule has 0 aromatic rings. The molecule has 0 aromatic carbocycles. The molecule has 0 aliphatic carbocycles. The van der Waals surface area contributed by atoms with Crippen molar-refractivity contribution in [2.45, 2.75) is 187 Å². The third-order valence-corrected chi connectivity index (χ3v) is 9.09. The van der Waals surface area contributed by atoms with Gasteiger partial charge < -0.3 is 25.2 Å². The Kier molecular flexibility index (Phi) is 31.8. The van der Waals surface area contributed by atoms with Gasteiger partial charge in [0.05, 0.1) is 19.8 Å². The average Bonchev–Trinajstić information content (AvgIpc) is 3.03. The Balaban J connectivity index is 4.27. The number of aliphatic carboxylic acids is 1. The number of rotatable bonds is 36. The molecular weight excluding hydrogens is 609 g/mol. The summed E-state index contributed by atoms with van der Waals surface area (Å²) in [5.41, 5.74) is 5.33. The molecule has 0 amide bonds. The smallest absolute Gasteiger partial charge is 0.472 e. The summed E-state index contributed by atoms with van der Waals surface area (Å²) >= 11 is 0. The fourth-order valence-corrected chi connectivity index (χ4v) is 5.97. The summed E-state index contributed by atoms with van der Waals surface area (Å²) in [5.74, 6) is -1.77. The molecule has 0 rings (SSSR count). The molecule has 0 saturated heterocycles. The first-order valence-electron chi connectivity index (χ1n) is 18.6. The SMILES string of the molecule is CCCCCCCCCCCCCCCCOCC(COP(=O)(O)OCC(N)C(=O)O)OC(=O)CCCCCCCCCCCC. The van der Waals surface area contributed by atoms with Crippen LogP contribution in [0.15, 0.2) is 0 Å². The van der Waals surface area contributed by atoms with Crippen molar-refractivity contribution in [1.29, 1.82) is 0 Å². The van der Waals surface area contributed by atoms with E-state index in [1.165, 1.54) is 116 Å². The number of carbonyl (C=O) groups is 2. The molecule has 0 spiro atoms. The molecule has 0 aliphatic rings. The van der Waals surface area contributed by atoms with Crippen LogP contribution in [0.3, 0.4) is 0 Å². The van der Waals surface area contributed by atoms with Crippen molar-refractivity contribution >= 4 is 19.8 Å². The standard InChI is InChI=1S/C35H70NO9P/c1-3-5-7-9-11-13-15-16-17-18-20-22-24-26-28-42-29-32(30-43-46(40,41)44-31-33(36)35(38)39)45-34(37)27-25-23-21-19-14-12-10-8-6-4-2/h32-33H,3-31,36H2,1-2H3,(H,38,39)(H,40,41). The zero-order valence-electron chi connectivity index (χ0n) is 29.4. The van der Waals surface area contributed by atoms with Crippen molar-refractivity contribution in [3.05, 3.63) is 0 Å². The number of carboxylic acids is 1. The second-order valence-corrected chi connectivity index (χ2v) is 14.2. The second-order valence-electron chi connectivity index (χ2n) is 12.7. The van der Waals surface area contributed by atoms with E-state index in [9.17, 15) is 19.0 Å². The Labute approximate surface area is 280 Å². The van der Waals surface area contributed by atoms with Gasteiger partial charge in [0.2, 0.25) is 0 Å². The van der Waals surface area contributed by atoms with Crippen molar-refractivity contribution in [3.8, 4) is 0 Å². The summed E-state index contributed by atoms with van der Waals surface area (Å²) < 4.78 is 33.1. The predicted molar refractivity (Wildman–Crippen MR) is 185 cm³/mol. The van der Waals surface area contributed by atoms with Crippen LogP contribution in [0.4, 0.5) is 0 Å². The van der Waals surface area contributed by atoms with Crippen molar-refractivity contribution in [2.24, 2.45) is 5.73 Å². The molecule has 46 heavy (non-hydrogen) atoms. The van der Waals surface area contributed by atoms with Crippen LogP contribution in [0.2, 0.25) is 0 Å². The van der Waals surface area contributed by atoms with E-state index in [1.54, 1.807) is 0 Å². The van der Waals surface area contributed by atoms with Crippen molar-refractivity contribution in [1.82, 2.24) is 0 Å². The summed E-state index contributed by atoms with van der Waals surface area (Å²) in [4.78, 5) is 33.3. The van der Waals surface area contributed by atoms with Crippen LogP contribution in [0, 0.1) is 0 Å². The highest BCUT2D eigenvalue weighted by molar-refractivity contribution is 7.47. The van der Waals surface area contributed by atoms with Gasteiger partial charge in [-0.3, -0.25) is 18.6 Å². The van der Waals surface area contributed by atoms with E-state index in [2.05, 4.69) is 18.4 Å². The molecular formula is C35H70NO9P. The van der Waals surface area contributed by atoms with Gasteiger partial charge in [-0.1, -0.05) is 155 Å². The molecule has 11 heteroatoms. The first kappa shape index (κ1) is 45.0. The fourth-order valence-electron chi connectivity index (χ4n) is 5.19. The van der Waals surface area contributed by atoms with Crippen LogP contribution in [0.5, 0.6) is 0 Å². The van der Waals surface area contributed by atoms with Crippen LogP contribution in [0.1, 0.15) is 174 Å². The molecule has 274 valence electrons. The van der Waals surface area contributed by atoms with Crippen molar-refractivity contribution in [3.63, 3.8) is 0 Å². The molecule has 10 nitrogen and oxygen atoms in total. The highest BCUT2D eigenvalue weighted by Crippen LogP contribution is 2.43. The highest BCUT2D eigenvalue weighted by atomic mass is 31.2. The Hall–Kier alpha value is -1.03. The number of nitrogens with two attached hydrogens (primary N) is 1. The summed E-state index contributed by atoms with van der Waals surface area (Å²) in [7, 11) is -4.60. The minimum atomic E-state index is -4.60. The van der Waals surface area contributed by atoms with E-state index in [0.29, 0.717) is 6.61 Å². The molecule has 0 saturated carbocycles. The van der Waals surface area contributed by atoms with E-state index >= 15 is 0 Å². The van der Waals surface area contributed by atoms with Gasteiger partial charge in [-0.2, -0.15) is 0 Å². The maximum Gasteiger partial charge on any atom is 0.472 e. The monoisotopic (exact) mass is 679 g/mol. The quantitative estimate of drug-likeness (QED) is 0.0331. The number of ether oxygens (including phenoxy) is 2. The predicted octanol–water partition coefficient (Wildman–Crippen LogP) is 9.25. The van der Waals surface area contributed by atoms with Crippen molar-refractivity contribution in [2.75, 3.05) is 26.4 Å². The van der Waals surface area contributed by atoms with E-state index in [1.807, 2.05) is 0 Å². The van der Waals surface area contributed by atoms with Crippen molar-refractivity contribution < 1.29 is 42.7 Å². The number of hydrogen-bond donors (Lipinski definition) is 3. The Bertz CT molecular complexity index is 756. The van der Waals surface area contributed by atoms with Crippen LogP contribution < -0.4 is 5.73 Å². The van der Waals surface area contributed by atoms with Gasteiger partial charge in [0, 0.05) is 13.0 Å². The molecule has 0 aliphatic heterocycles. The first-order valence-corrected chi connectivity index (χ1v) is 20.1. The summed E-state index contributed by atoms with van der Waals surface area (Å²) in [6.45, 7) is 3.88. The summed E-state index contributed by atoms with van der Waals surface area (Å²) in [6, 6.07) is -1.47. The first-order chi connectivity index (χ1) is 22.2. The molecule has 3 atom stereocenters. The number of carboxylic acid groups (broad SMARTS) is 1. The average molecular weight is 680 g/mol. The normalized spacial score (nSPS) is 14.2. The third-order valence-electron chi connectivity index (χ3n) is 8.14. The van der Waals surface area contributed by atoms with Gasteiger partial charge in [0.1, 0.15) is 12.1 Å². The topological polar surface area (TPSA) is 155 Å². The number of unbranched alkanes of at least 4 members (excludes halogenated alkanes) is 22. The lowest BCUT2D eigenvalue weighted by molar-refractivity contribution is -0.154. The molecule has 0 radical (unpaired) electrons. The van der Waals surface area contributed by atoms with Gasteiger partial charge in [-0.25, -0.2) is 4.57 Å². The second kappa shape index (κ2) is 32.5. The number of carbonyl (C=O) groups excluding carboxylic acids is 1. The summed E-state index contributed by atoms with van der Waals surface area (Å²) in [5, 5.41) is 8.84. The van der Waals surface area contributed by atoms with Gasteiger partial charge in [-0.05, 0) is 12.8 Å². The van der Waals surface area contributed by atoms with E-state index in [-0.39, 0.29) is 13.0 Å². The number of hydrogen-bond acceptors (Lipinski definition) is 8. The molecule has 4 N–H and O–H groups in total. The molecule has 0 fully saturated rings. The van der Waals surface area contributed by atoms with E-state index in [0.717, 1.165) is 38.5 Å². The number of phosphoric acid groups is 1. The van der Waals surface area contributed by atoms with Gasteiger partial charge in [0.25, 0.3) is 0 Å². The number of phosphoric ester groups is 1. The highest BCUT2D eigenvalue weighted by Gasteiger charge is 2.27.